The molecule has 5 amide bonds. The number of nitrogens with one attached hydrogen (secondary N) is 3. The summed E-state index contributed by atoms with van der Waals surface area (Å²) < 4.78 is 0. The lowest BCUT2D eigenvalue weighted by Crippen LogP contribution is -2.74. The first kappa shape index (κ1) is 7.68. The monoisotopic (exact) mass is 183 g/mol. The van der Waals surface area contributed by atoms with Crippen molar-refractivity contribution in [3.05, 3.63) is 0 Å². The van der Waals surface area contributed by atoms with Gasteiger partial charge in [0.15, 0.2) is 5.84 Å². The molecule has 0 bridgehead atoms. The van der Waals surface area contributed by atoms with Crippen LogP contribution < -0.4 is 21.7 Å². The topological polar surface area (TPSA) is 126 Å². The number of amides is 5. The summed E-state index contributed by atoms with van der Waals surface area (Å²) in [6.45, 7) is 0. The number of amidine groups is 1. The number of aliphatic imine (C=N–C) groups is 1. The molecule has 13 heavy (non-hydrogen) atoms. The summed E-state index contributed by atoms with van der Waals surface area (Å²) in [7, 11) is 0. The van der Waals surface area contributed by atoms with Gasteiger partial charge in [0.25, 0.3) is 5.91 Å². The minimum atomic E-state index is -1.73. The molecule has 0 aromatic rings. The van der Waals surface area contributed by atoms with Gasteiger partial charge in [-0.2, -0.15) is 4.99 Å². The van der Waals surface area contributed by atoms with E-state index in [0.29, 0.717) is 0 Å². The van der Waals surface area contributed by atoms with Crippen molar-refractivity contribution < 1.29 is 14.4 Å². The lowest BCUT2D eigenvalue weighted by atomic mass is 10.1. The molecule has 8 nitrogen and oxygen atoms in total. The van der Waals surface area contributed by atoms with E-state index < -0.39 is 23.6 Å². The lowest BCUT2D eigenvalue weighted by molar-refractivity contribution is -0.123. The van der Waals surface area contributed by atoms with E-state index >= 15 is 0 Å². The van der Waals surface area contributed by atoms with Gasteiger partial charge in [-0.25, -0.2) is 9.59 Å². The molecule has 0 radical (unpaired) electrons. The van der Waals surface area contributed by atoms with Crippen molar-refractivity contribution in [1.29, 1.82) is 0 Å². The number of fused-ring (bicyclic) bond motifs is 1. The van der Waals surface area contributed by atoms with Gasteiger partial charge in [0.1, 0.15) is 0 Å². The predicted octanol–water partition coefficient (Wildman–Crippen LogP) is -2.40. The molecule has 1 saturated heterocycles. The Bertz CT molecular complexity index is 361. The zero-order valence-electron chi connectivity index (χ0n) is 6.25. The van der Waals surface area contributed by atoms with Crippen molar-refractivity contribution in [2.75, 3.05) is 0 Å². The van der Waals surface area contributed by atoms with Crippen LogP contribution in [0.5, 0.6) is 0 Å². The fourth-order valence-corrected chi connectivity index (χ4v) is 1.08. The van der Waals surface area contributed by atoms with E-state index in [4.69, 9.17) is 5.73 Å². The number of hydrogen-bond donors (Lipinski definition) is 4. The molecule has 2 heterocycles. The van der Waals surface area contributed by atoms with E-state index in [9.17, 15) is 14.4 Å². The van der Waals surface area contributed by atoms with E-state index in [1.165, 1.54) is 0 Å². The Hall–Kier alpha value is -1.96. The standard InChI is InChI=1S/C5H5N5O3/c6-5-1(8-4(13)10-5)7-3(12)9-2(5)11/h6H2,(H3,7,8,9,10,11,12,13). The van der Waals surface area contributed by atoms with Gasteiger partial charge in [0.2, 0.25) is 5.66 Å². The van der Waals surface area contributed by atoms with Crippen molar-refractivity contribution in [3.63, 3.8) is 0 Å². The third-order valence-electron chi connectivity index (χ3n) is 1.71. The van der Waals surface area contributed by atoms with E-state index in [1.54, 1.807) is 0 Å². The van der Waals surface area contributed by atoms with Crippen molar-refractivity contribution >= 4 is 23.8 Å². The van der Waals surface area contributed by atoms with E-state index in [2.05, 4.69) is 15.6 Å². The van der Waals surface area contributed by atoms with Gasteiger partial charge in [-0.15, -0.1) is 0 Å². The first-order chi connectivity index (χ1) is 6.02. The lowest BCUT2D eigenvalue weighted by Gasteiger charge is -2.28. The Morgan fingerprint density at radius 2 is 1.92 bits per heavy atom. The van der Waals surface area contributed by atoms with Crippen LogP contribution in [-0.4, -0.2) is 29.5 Å². The van der Waals surface area contributed by atoms with Crippen LogP contribution in [0.3, 0.4) is 0 Å². The highest BCUT2D eigenvalue weighted by atomic mass is 16.2. The van der Waals surface area contributed by atoms with Crippen LogP contribution in [0.4, 0.5) is 9.59 Å². The van der Waals surface area contributed by atoms with Crippen molar-refractivity contribution in [3.8, 4) is 0 Å². The quantitative estimate of drug-likeness (QED) is 0.334. The van der Waals surface area contributed by atoms with Crippen LogP contribution in [0.1, 0.15) is 0 Å². The molecule has 0 saturated carbocycles. The SMILES string of the molecule is NC12NC(=O)N=C1NC(=O)NC2=O. The maximum Gasteiger partial charge on any atom is 0.344 e. The molecule has 5 N–H and O–H groups in total. The van der Waals surface area contributed by atoms with Gasteiger partial charge in [-0.1, -0.05) is 0 Å². The minimum Gasteiger partial charge on any atom is -0.303 e. The van der Waals surface area contributed by atoms with Gasteiger partial charge in [-0.05, 0) is 0 Å². The van der Waals surface area contributed by atoms with Crippen LogP contribution in [-0.2, 0) is 4.79 Å². The maximum atomic E-state index is 11.2. The van der Waals surface area contributed by atoms with Crippen molar-refractivity contribution in [1.82, 2.24) is 16.0 Å². The van der Waals surface area contributed by atoms with Crippen LogP contribution in [0.15, 0.2) is 4.99 Å². The Balaban J connectivity index is 2.44. The molecule has 2 aliphatic heterocycles. The molecule has 68 valence electrons. The fraction of sp³-hybridized carbons (Fsp3) is 0.200. The maximum absolute atomic E-state index is 11.2. The minimum absolute atomic E-state index is 0.175. The zero-order chi connectivity index (χ0) is 9.64. The van der Waals surface area contributed by atoms with Crippen LogP contribution in [0.25, 0.3) is 0 Å². The highest BCUT2D eigenvalue weighted by Gasteiger charge is 2.50. The number of carbonyl (C=O) groups is 3. The molecule has 2 aliphatic rings. The molecule has 1 fully saturated rings. The van der Waals surface area contributed by atoms with Gasteiger partial charge in [-0.3, -0.25) is 21.2 Å². The second-order valence-electron chi connectivity index (χ2n) is 2.61. The largest absolute Gasteiger partial charge is 0.344 e. The van der Waals surface area contributed by atoms with Crippen molar-refractivity contribution in [2.24, 2.45) is 10.7 Å². The van der Waals surface area contributed by atoms with Gasteiger partial charge in [0, 0.05) is 0 Å². The number of carbonyl (C=O) groups excluding carboxylic acids is 3. The first-order valence-electron chi connectivity index (χ1n) is 3.35. The van der Waals surface area contributed by atoms with Crippen LogP contribution in [0, 0.1) is 0 Å². The van der Waals surface area contributed by atoms with Crippen LogP contribution in [0.2, 0.25) is 0 Å². The second-order valence-corrected chi connectivity index (χ2v) is 2.61. The molecule has 0 aromatic heterocycles. The number of urea groups is 2. The van der Waals surface area contributed by atoms with Gasteiger partial charge < -0.3 is 5.32 Å². The number of nitrogens with two attached hydrogens (primary N) is 1. The Labute approximate surface area is 71.6 Å². The highest BCUT2D eigenvalue weighted by molar-refractivity contribution is 6.28. The summed E-state index contributed by atoms with van der Waals surface area (Å²) in [5.41, 5.74) is 3.74. The van der Waals surface area contributed by atoms with E-state index in [0.717, 1.165) is 0 Å². The van der Waals surface area contributed by atoms with Crippen molar-refractivity contribution in [2.45, 2.75) is 5.66 Å². The Kier molecular flexibility index (Phi) is 1.21. The summed E-state index contributed by atoms with van der Waals surface area (Å²) in [4.78, 5) is 36.0. The summed E-state index contributed by atoms with van der Waals surface area (Å²) in [6, 6.07) is -1.50. The Morgan fingerprint density at radius 3 is 2.62 bits per heavy atom. The molecule has 2 rings (SSSR count). The zero-order valence-corrected chi connectivity index (χ0v) is 6.25. The average Bonchev–Trinajstić information content (AvgIpc) is 2.26. The normalized spacial score (nSPS) is 31.5. The summed E-state index contributed by atoms with van der Waals surface area (Å²) >= 11 is 0. The number of rotatable bonds is 0. The highest BCUT2D eigenvalue weighted by Crippen LogP contribution is 2.09. The second kappa shape index (κ2) is 2.04. The molecule has 0 aromatic carbocycles. The smallest absolute Gasteiger partial charge is 0.303 e. The number of nitrogens with zero attached hydrogens (tertiary/aromatic N) is 1. The first-order valence-corrected chi connectivity index (χ1v) is 3.35. The summed E-state index contributed by atoms with van der Waals surface area (Å²) in [5.74, 6) is -0.980. The molecule has 8 heteroatoms. The molecule has 0 spiro atoms. The van der Waals surface area contributed by atoms with Crippen LogP contribution >= 0.6 is 0 Å². The molecular formula is C5H5N5O3. The van der Waals surface area contributed by atoms with Gasteiger partial charge in [0.05, 0.1) is 0 Å². The third kappa shape index (κ3) is 0.888. The predicted molar refractivity (Wildman–Crippen MR) is 39.6 cm³/mol. The van der Waals surface area contributed by atoms with Gasteiger partial charge >= 0.3 is 12.1 Å². The fourth-order valence-electron chi connectivity index (χ4n) is 1.08. The number of imide groups is 1. The van der Waals surface area contributed by atoms with E-state index in [1.807, 2.05) is 5.32 Å². The molecule has 1 unspecified atom stereocenters. The molecular weight excluding hydrogens is 178 g/mol. The average molecular weight is 183 g/mol. The molecule has 1 atom stereocenters. The molecule has 0 aliphatic carbocycles. The third-order valence-corrected chi connectivity index (χ3v) is 1.71. The number of hydrogen-bond acceptors (Lipinski definition) is 4. The summed E-state index contributed by atoms with van der Waals surface area (Å²) in [5, 5.41) is 6.16. The van der Waals surface area contributed by atoms with E-state index in [-0.39, 0.29) is 5.84 Å². The Morgan fingerprint density at radius 1 is 1.23 bits per heavy atom. The summed E-state index contributed by atoms with van der Waals surface area (Å²) in [6.07, 6.45) is 0.